The van der Waals surface area contributed by atoms with E-state index >= 15 is 0 Å². The third kappa shape index (κ3) is 4.51. The van der Waals surface area contributed by atoms with Gasteiger partial charge in [0, 0.05) is 54.7 Å². The molecule has 1 unspecified atom stereocenters. The van der Waals surface area contributed by atoms with Crippen molar-refractivity contribution < 1.29 is 11.0 Å². The summed E-state index contributed by atoms with van der Waals surface area (Å²) >= 11 is 12.7. The van der Waals surface area contributed by atoms with Crippen LogP contribution in [0.4, 0.5) is 0 Å². The van der Waals surface area contributed by atoms with Crippen molar-refractivity contribution in [2.45, 2.75) is 97.9 Å². The molecular weight excluding hydrogens is 583 g/mol. The summed E-state index contributed by atoms with van der Waals surface area (Å²) in [4.78, 5) is 32.2. The lowest BCUT2D eigenvalue weighted by molar-refractivity contribution is -0.137. The van der Waals surface area contributed by atoms with Crippen molar-refractivity contribution in [3.63, 3.8) is 0 Å². The Morgan fingerprint density at radius 1 is 0.907 bits per heavy atom. The Morgan fingerprint density at radius 2 is 1.42 bits per heavy atom. The molecule has 230 valence electrons. The highest BCUT2D eigenvalue weighted by molar-refractivity contribution is 6.30. The highest BCUT2D eigenvalue weighted by Gasteiger charge is 2.61. The van der Waals surface area contributed by atoms with E-state index in [1.807, 2.05) is 47.9 Å². The normalized spacial score (nSPS) is 31.5. The van der Waals surface area contributed by atoms with Crippen LogP contribution < -0.4 is 0 Å². The fourth-order valence-corrected chi connectivity index (χ4v) is 9.20. The van der Waals surface area contributed by atoms with Gasteiger partial charge < -0.3 is 9.64 Å². The number of nitrogens with zero attached hydrogens (tertiary/aromatic N) is 6. The summed E-state index contributed by atoms with van der Waals surface area (Å²) in [6.07, 6.45) is 5.89. The topological polar surface area (TPSA) is 78.5 Å². The monoisotopic (exact) mass is 626 g/mol. The van der Waals surface area contributed by atoms with Crippen molar-refractivity contribution in [2.24, 2.45) is 36.8 Å². The number of halogens is 2. The van der Waals surface area contributed by atoms with E-state index in [2.05, 4.69) is 33.7 Å². The van der Waals surface area contributed by atoms with Gasteiger partial charge >= 0.3 is 0 Å². The predicted octanol–water partition coefficient (Wildman–Crippen LogP) is 7.12. The van der Waals surface area contributed by atoms with Crippen molar-refractivity contribution in [1.29, 1.82) is 0 Å². The van der Waals surface area contributed by atoms with Crippen LogP contribution in [-0.4, -0.2) is 37.2 Å². The van der Waals surface area contributed by atoms with Crippen LogP contribution in [0.15, 0.2) is 11.8 Å². The smallest absolute Gasteiger partial charge is 0.282 e. The molecule has 43 heavy (non-hydrogen) atoms. The van der Waals surface area contributed by atoms with Crippen molar-refractivity contribution in [2.75, 3.05) is 0 Å². The first-order valence-electron chi connectivity index (χ1n) is 15.5. The van der Waals surface area contributed by atoms with Gasteiger partial charge in [-0.3, -0.25) is 14.2 Å². The first kappa shape index (κ1) is 31.5. The minimum atomic E-state index is -0.562. The van der Waals surface area contributed by atoms with Crippen LogP contribution in [0.2, 0.25) is 10.3 Å². The van der Waals surface area contributed by atoms with E-state index in [0.29, 0.717) is 16.7 Å². The molecule has 8 nitrogen and oxygen atoms in total. The lowest BCUT2D eigenvalue weighted by Crippen LogP contribution is -2.56. The van der Waals surface area contributed by atoms with Gasteiger partial charge in [0.25, 0.3) is 6.04 Å². The number of aromatic nitrogens is 4. The number of hydrogen-bond donors (Lipinski definition) is 0. The Hall–Kier alpha value is -2.94. The van der Waals surface area contributed by atoms with Gasteiger partial charge in [-0.1, -0.05) is 78.2 Å². The summed E-state index contributed by atoms with van der Waals surface area (Å²) < 4.78 is 9.16. The zero-order valence-electron chi connectivity index (χ0n) is 27.6. The van der Waals surface area contributed by atoms with Crippen LogP contribution in [-0.2, 0) is 47.4 Å². The van der Waals surface area contributed by atoms with Crippen molar-refractivity contribution in [1.82, 2.24) is 19.6 Å². The van der Waals surface area contributed by atoms with Gasteiger partial charge in [0.05, 0.1) is 18.0 Å². The van der Waals surface area contributed by atoms with E-state index in [1.54, 1.807) is 9.36 Å². The van der Waals surface area contributed by atoms with E-state index in [1.165, 1.54) is 7.40 Å². The molecule has 1 fully saturated rings. The SMILES string of the molecule is [3H]C.[C-]#[N+]C1=C[C@]2(C)c3nn(C)c(Cl)c3CC[C@H]2C(C)(C)C1=O.[C-]#[N+]C1C[C@]2(C)c3nn(C)c(Cl)c3CC[C@H]2C(C)(C)C1=O. The molecule has 5 atom stereocenters. The molecule has 4 aliphatic rings. The molecule has 10 heteroatoms. The fourth-order valence-electron chi connectivity index (χ4n) is 8.75. The van der Waals surface area contributed by atoms with E-state index in [-0.39, 0.29) is 34.5 Å². The first-order valence-corrected chi connectivity index (χ1v) is 15.2. The Bertz CT molecular complexity index is 1640. The molecule has 2 aromatic heterocycles. The van der Waals surface area contributed by atoms with Crippen LogP contribution in [0.5, 0.6) is 0 Å². The minimum Gasteiger partial charge on any atom is -0.307 e. The van der Waals surface area contributed by atoms with E-state index < -0.39 is 22.3 Å². The zero-order chi connectivity index (χ0) is 33.2. The Balaban J connectivity index is 0.000000190. The minimum absolute atomic E-state index is 0.0505. The second kappa shape index (κ2) is 10.6. The number of ketones is 2. The predicted molar refractivity (Wildman–Crippen MR) is 169 cm³/mol. The molecule has 4 aliphatic carbocycles. The maximum Gasteiger partial charge on any atom is 0.282 e. The third-order valence-corrected chi connectivity index (χ3v) is 11.8. The van der Waals surface area contributed by atoms with Crippen LogP contribution in [0, 0.1) is 35.8 Å². The highest BCUT2D eigenvalue weighted by atomic mass is 35.5. The van der Waals surface area contributed by atoms with Crippen LogP contribution in [0.25, 0.3) is 9.69 Å². The highest BCUT2D eigenvalue weighted by Crippen LogP contribution is 2.57. The largest absolute Gasteiger partial charge is 0.307 e. The second-order valence-electron chi connectivity index (χ2n) is 14.0. The quantitative estimate of drug-likeness (QED) is 0.292. The molecule has 0 saturated heterocycles. The maximum absolute atomic E-state index is 12.6. The summed E-state index contributed by atoms with van der Waals surface area (Å²) in [6.45, 7) is 26.8. The van der Waals surface area contributed by atoms with E-state index in [4.69, 9.17) is 37.7 Å². The lowest BCUT2D eigenvalue weighted by atomic mass is 9.50. The maximum atomic E-state index is 12.6. The number of allylic oxidation sites excluding steroid dienone is 2. The van der Waals surface area contributed by atoms with E-state index in [9.17, 15) is 9.59 Å². The molecule has 6 rings (SSSR count). The lowest BCUT2D eigenvalue weighted by Gasteiger charge is -2.51. The molecule has 0 aromatic carbocycles. The first-order chi connectivity index (χ1) is 20.5. The summed E-state index contributed by atoms with van der Waals surface area (Å²) in [5.74, 6) is 0.395. The molecule has 2 aromatic rings. The standard InChI is InChI=1S/C16H20ClN3O.C16H18ClN3O.CH4/c2*1-15(2)11-7-6-9-12(19-20(5)14(9)17)16(11,3)8-10(18-4)13(15)21;/h10-11H,6-8H2,1-3,5H3;8,11H,6-7H2,1-3,5H3;1H4/t10?,11-,16-;11-,16-;/m00./s1/i;;1T. The zero-order valence-corrected chi connectivity index (χ0v) is 28.1. The second-order valence-corrected chi connectivity index (χ2v) is 14.7. The van der Waals surface area contributed by atoms with Crippen molar-refractivity contribution in [3.8, 4) is 0 Å². The van der Waals surface area contributed by atoms with Gasteiger partial charge in [-0.25, -0.2) is 11.4 Å². The van der Waals surface area contributed by atoms with Crippen molar-refractivity contribution >= 4 is 34.8 Å². The number of carbonyl (C=O) groups is 2. The van der Waals surface area contributed by atoms with Gasteiger partial charge in [0.1, 0.15) is 10.3 Å². The molecular formula is C33H42Cl2N6O2. The fraction of sp³-hybridized carbons (Fsp3) is 0.636. The van der Waals surface area contributed by atoms with Gasteiger partial charge in [0.2, 0.25) is 11.5 Å². The molecule has 0 amide bonds. The summed E-state index contributed by atoms with van der Waals surface area (Å²) in [5.41, 5.74) is 2.63. The number of hydrogen-bond acceptors (Lipinski definition) is 4. The average molecular weight is 628 g/mol. The Morgan fingerprint density at radius 3 is 1.95 bits per heavy atom. The summed E-state index contributed by atoms with van der Waals surface area (Å²) in [7, 11) is 4.93. The number of rotatable bonds is 0. The summed E-state index contributed by atoms with van der Waals surface area (Å²) in [6, 6.07) is -0.562. The van der Waals surface area contributed by atoms with Crippen LogP contribution >= 0.6 is 23.2 Å². The van der Waals surface area contributed by atoms with Gasteiger partial charge in [-0.05, 0) is 37.5 Å². The van der Waals surface area contributed by atoms with Gasteiger partial charge in [0.15, 0.2) is 5.78 Å². The molecule has 2 heterocycles. The molecule has 0 bridgehead atoms. The molecule has 0 radical (unpaired) electrons. The molecule has 1 saturated carbocycles. The van der Waals surface area contributed by atoms with Crippen LogP contribution in [0.3, 0.4) is 0 Å². The molecule has 0 aliphatic heterocycles. The van der Waals surface area contributed by atoms with Gasteiger partial charge in [-0.15, -0.1) is 0 Å². The summed E-state index contributed by atoms with van der Waals surface area (Å²) in [5, 5.41) is 10.6. The average Bonchev–Trinajstić information content (AvgIpc) is 3.45. The Kier molecular flexibility index (Phi) is 7.76. The van der Waals surface area contributed by atoms with Gasteiger partial charge in [-0.2, -0.15) is 10.2 Å². The number of Topliss-reactive ketones (excluding diaryl/α,β-unsaturated/α-hetero) is 2. The Labute approximate surface area is 266 Å². The molecule has 0 N–H and O–H groups in total. The number of carbonyl (C=O) groups excluding carboxylic acids is 2. The third-order valence-electron chi connectivity index (χ3n) is 10.9. The van der Waals surface area contributed by atoms with E-state index in [0.717, 1.165) is 48.2 Å². The van der Waals surface area contributed by atoms with Crippen molar-refractivity contribution in [3.05, 3.63) is 67.4 Å². The number of fused-ring (bicyclic) bond motifs is 6. The molecule has 0 spiro atoms. The van der Waals surface area contributed by atoms with Crippen LogP contribution in [0.1, 0.15) is 92.1 Å². The number of aryl methyl sites for hydroxylation is 2.